The highest BCUT2D eigenvalue weighted by atomic mass is 127. The van der Waals surface area contributed by atoms with Crippen molar-refractivity contribution in [1.82, 2.24) is 5.32 Å². The number of hydrogen-bond acceptors (Lipinski definition) is 2. The van der Waals surface area contributed by atoms with Gasteiger partial charge in [-0.2, -0.15) is 0 Å². The summed E-state index contributed by atoms with van der Waals surface area (Å²) in [5, 5.41) is 2.39. The molecule has 0 saturated carbocycles. The lowest BCUT2D eigenvalue weighted by atomic mass is 10.2. The summed E-state index contributed by atoms with van der Waals surface area (Å²) in [6, 6.07) is 7.82. The Morgan fingerprint density at radius 2 is 2.38 bits per heavy atom. The van der Waals surface area contributed by atoms with Gasteiger partial charge in [-0.1, -0.05) is 12.1 Å². The highest BCUT2D eigenvalue weighted by molar-refractivity contribution is 14.1. The Bertz CT molecular complexity index is 301. The third-order valence-electron chi connectivity index (χ3n) is 1.46. The maximum atomic E-state index is 10.7. The Hall–Kier alpha value is -0.780. The second-order valence-electron chi connectivity index (χ2n) is 2.46. The molecule has 4 heteroatoms. The molecule has 0 spiro atoms. The predicted octanol–water partition coefficient (Wildman–Crippen LogP) is 2.15. The van der Waals surface area contributed by atoms with Crippen LogP contribution in [0, 0.1) is 3.57 Å². The molecule has 0 aromatic heterocycles. The Morgan fingerprint density at radius 3 is 3.00 bits per heavy atom. The maximum Gasteiger partial charge on any atom is 0.407 e. The molecule has 0 saturated heterocycles. The van der Waals surface area contributed by atoms with E-state index in [1.165, 1.54) is 7.05 Å². The van der Waals surface area contributed by atoms with E-state index in [1.807, 2.05) is 24.3 Å². The molecule has 1 amide bonds. The molecule has 1 N–H and O–H groups in total. The summed E-state index contributed by atoms with van der Waals surface area (Å²) in [4.78, 5) is 10.7. The fraction of sp³-hybridized carbons (Fsp3) is 0.222. The van der Waals surface area contributed by atoms with Crippen molar-refractivity contribution in [2.45, 2.75) is 6.61 Å². The van der Waals surface area contributed by atoms with Crippen molar-refractivity contribution in [3.05, 3.63) is 33.4 Å². The molecule has 0 unspecified atom stereocenters. The summed E-state index contributed by atoms with van der Waals surface area (Å²) >= 11 is 2.22. The van der Waals surface area contributed by atoms with Crippen LogP contribution in [0.1, 0.15) is 5.56 Å². The predicted molar refractivity (Wildman–Crippen MR) is 58.4 cm³/mol. The smallest absolute Gasteiger partial charge is 0.407 e. The van der Waals surface area contributed by atoms with E-state index in [4.69, 9.17) is 4.74 Å². The summed E-state index contributed by atoms with van der Waals surface area (Å²) < 4.78 is 6.01. The van der Waals surface area contributed by atoms with Crippen molar-refractivity contribution in [1.29, 1.82) is 0 Å². The van der Waals surface area contributed by atoms with Gasteiger partial charge in [-0.05, 0) is 40.3 Å². The highest BCUT2D eigenvalue weighted by Crippen LogP contribution is 2.08. The van der Waals surface area contributed by atoms with Crippen LogP contribution >= 0.6 is 22.6 Å². The van der Waals surface area contributed by atoms with Crippen LogP contribution in [0.25, 0.3) is 0 Å². The van der Waals surface area contributed by atoms with Gasteiger partial charge >= 0.3 is 6.09 Å². The van der Waals surface area contributed by atoms with Crippen molar-refractivity contribution in [2.75, 3.05) is 7.05 Å². The van der Waals surface area contributed by atoms with Crippen LogP contribution in [0.5, 0.6) is 0 Å². The number of carbonyl (C=O) groups excluding carboxylic acids is 1. The van der Waals surface area contributed by atoms with E-state index in [2.05, 4.69) is 27.9 Å². The molecule has 0 heterocycles. The van der Waals surface area contributed by atoms with E-state index in [0.717, 1.165) is 9.13 Å². The zero-order valence-corrected chi connectivity index (χ0v) is 9.37. The Balaban J connectivity index is 2.50. The molecule has 0 atom stereocenters. The normalized spacial score (nSPS) is 9.38. The first kappa shape index (κ1) is 10.3. The SMILES string of the molecule is CNC(=O)OCc1cccc(I)c1. The third kappa shape index (κ3) is 3.63. The molecule has 0 aliphatic heterocycles. The fourth-order valence-corrected chi connectivity index (χ4v) is 1.46. The zero-order valence-electron chi connectivity index (χ0n) is 7.21. The Kier molecular flexibility index (Phi) is 4.01. The molecule has 0 fully saturated rings. The topological polar surface area (TPSA) is 38.3 Å². The van der Waals surface area contributed by atoms with E-state index in [1.54, 1.807) is 0 Å². The van der Waals surface area contributed by atoms with Crippen molar-refractivity contribution in [2.24, 2.45) is 0 Å². The average molecular weight is 291 g/mol. The van der Waals surface area contributed by atoms with E-state index < -0.39 is 6.09 Å². The minimum atomic E-state index is -0.404. The molecule has 70 valence electrons. The first-order chi connectivity index (χ1) is 6.22. The second kappa shape index (κ2) is 5.06. The number of amides is 1. The van der Waals surface area contributed by atoms with Gasteiger partial charge in [0.05, 0.1) is 0 Å². The average Bonchev–Trinajstić information content (AvgIpc) is 2.14. The molecule has 13 heavy (non-hydrogen) atoms. The van der Waals surface area contributed by atoms with Gasteiger partial charge in [0.25, 0.3) is 0 Å². The number of hydrogen-bond donors (Lipinski definition) is 1. The van der Waals surface area contributed by atoms with Crippen LogP contribution in [0.4, 0.5) is 4.79 Å². The number of carbonyl (C=O) groups is 1. The number of nitrogens with one attached hydrogen (secondary N) is 1. The lowest BCUT2D eigenvalue weighted by Crippen LogP contribution is -2.18. The monoisotopic (exact) mass is 291 g/mol. The second-order valence-corrected chi connectivity index (χ2v) is 3.70. The van der Waals surface area contributed by atoms with Gasteiger partial charge < -0.3 is 10.1 Å². The van der Waals surface area contributed by atoms with E-state index >= 15 is 0 Å². The van der Waals surface area contributed by atoms with Crippen molar-refractivity contribution in [3.63, 3.8) is 0 Å². The lowest BCUT2D eigenvalue weighted by Gasteiger charge is -2.03. The summed E-state index contributed by atoms with van der Waals surface area (Å²) in [7, 11) is 1.54. The number of alkyl carbamates (subject to hydrolysis) is 1. The van der Waals surface area contributed by atoms with Gasteiger partial charge in [0, 0.05) is 10.6 Å². The molecule has 0 radical (unpaired) electrons. The van der Waals surface area contributed by atoms with Crippen LogP contribution in [-0.2, 0) is 11.3 Å². The largest absolute Gasteiger partial charge is 0.445 e. The van der Waals surface area contributed by atoms with E-state index in [9.17, 15) is 4.79 Å². The maximum absolute atomic E-state index is 10.7. The molecule has 1 aromatic rings. The molecule has 0 aliphatic carbocycles. The molecule has 3 nitrogen and oxygen atoms in total. The summed E-state index contributed by atoms with van der Waals surface area (Å²) in [6.07, 6.45) is -0.404. The molecule has 1 rings (SSSR count). The number of rotatable bonds is 2. The first-order valence-electron chi connectivity index (χ1n) is 3.81. The number of benzene rings is 1. The first-order valence-corrected chi connectivity index (χ1v) is 4.89. The standard InChI is InChI=1S/C9H10INO2/c1-11-9(12)13-6-7-3-2-4-8(10)5-7/h2-5H,6H2,1H3,(H,11,12). The van der Waals surface area contributed by atoms with Gasteiger partial charge in [0.1, 0.15) is 6.61 Å². The van der Waals surface area contributed by atoms with Gasteiger partial charge in [-0.15, -0.1) is 0 Å². The van der Waals surface area contributed by atoms with Crippen molar-refractivity contribution < 1.29 is 9.53 Å². The lowest BCUT2D eigenvalue weighted by molar-refractivity contribution is 0.142. The zero-order chi connectivity index (χ0) is 9.68. The van der Waals surface area contributed by atoms with Crippen LogP contribution in [0.2, 0.25) is 0 Å². The summed E-state index contributed by atoms with van der Waals surface area (Å²) in [5.41, 5.74) is 0.996. The molecule has 0 aliphatic rings. The Morgan fingerprint density at radius 1 is 1.62 bits per heavy atom. The number of halogens is 1. The number of ether oxygens (including phenoxy) is 1. The third-order valence-corrected chi connectivity index (χ3v) is 2.13. The van der Waals surface area contributed by atoms with Crippen LogP contribution in [0.15, 0.2) is 24.3 Å². The molecule has 0 bridgehead atoms. The van der Waals surface area contributed by atoms with Crippen molar-refractivity contribution >= 4 is 28.7 Å². The van der Waals surface area contributed by atoms with Crippen molar-refractivity contribution in [3.8, 4) is 0 Å². The van der Waals surface area contributed by atoms with Crippen LogP contribution < -0.4 is 5.32 Å². The van der Waals surface area contributed by atoms with Crippen LogP contribution in [0.3, 0.4) is 0 Å². The fourth-order valence-electron chi connectivity index (χ4n) is 0.848. The molecule has 1 aromatic carbocycles. The van der Waals surface area contributed by atoms with Crippen LogP contribution in [-0.4, -0.2) is 13.1 Å². The minimum absolute atomic E-state index is 0.316. The molecular formula is C9H10INO2. The summed E-state index contributed by atoms with van der Waals surface area (Å²) in [6.45, 7) is 0.316. The summed E-state index contributed by atoms with van der Waals surface area (Å²) in [5.74, 6) is 0. The molecular weight excluding hydrogens is 281 g/mol. The van der Waals surface area contributed by atoms with Gasteiger partial charge in [-0.3, -0.25) is 0 Å². The van der Waals surface area contributed by atoms with Gasteiger partial charge in [0.2, 0.25) is 0 Å². The quantitative estimate of drug-likeness (QED) is 0.848. The highest BCUT2D eigenvalue weighted by Gasteiger charge is 1.98. The Labute approximate surface area is 90.6 Å². The van der Waals surface area contributed by atoms with Gasteiger partial charge in [-0.25, -0.2) is 4.79 Å². The minimum Gasteiger partial charge on any atom is -0.445 e. The van der Waals surface area contributed by atoms with E-state index in [-0.39, 0.29) is 0 Å². The van der Waals surface area contributed by atoms with Gasteiger partial charge in [0.15, 0.2) is 0 Å². The van der Waals surface area contributed by atoms with E-state index in [0.29, 0.717) is 6.61 Å².